The SMILES string of the molecule is Nc1cn[nH]c1NC(=O)c1ccc(Br)cn1. The van der Waals surface area contributed by atoms with Crippen LogP contribution in [0.2, 0.25) is 0 Å². The zero-order chi connectivity index (χ0) is 11.5. The largest absolute Gasteiger partial charge is 0.394 e. The van der Waals surface area contributed by atoms with Crippen LogP contribution in [0.25, 0.3) is 0 Å². The van der Waals surface area contributed by atoms with Gasteiger partial charge in [-0.2, -0.15) is 5.10 Å². The van der Waals surface area contributed by atoms with Crippen LogP contribution in [0.15, 0.2) is 29.0 Å². The summed E-state index contributed by atoms with van der Waals surface area (Å²) in [6, 6.07) is 3.34. The second-order valence-electron chi connectivity index (χ2n) is 3.02. The number of nitrogen functional groups attached to an aromatic ring is 1. The maximum absolute atomic E-state index is 11.7. The lowest BCUT2D eigenvalue weighted by Crippen LogP contribution is -2.14. The van der Waals surface area contributed by atoms with Gasteiger partial charge >= 0.3 is 0 Å². The molecule has 0 saturated heterocycles. The number of amides is 1. The van der Waals surface area contributed by atoms with Crippen molar-refractivity contribution in [3.63, 3.8) is 0 Å². The Morgan fingerprint density at radius 1 is 1.44 bits per heavy atom. The number of hydrogen-bond donors (Lipinski definition) is 3. The second-order valence-corrected chi connectivity index (χ2v) is 3.93. The molecular formula is C9H8BrN5O. The van der Waals surface area contributed by atoms with Crippen LogP contribution >= 0.6 is 15.9 Å². The lowest BCUT2D eigenvalue weighted by Gasteiger charge is -2.02. The fourth-order valence-electron chi connectivity index (χ4n) is 1.08. The van der Waals surface area contributed by atoms with Crippen LogP contribution in [0.5, 0.6) is 0 Å². The van der Waals surface area contributed by atoms with Gasteiger partial charge in [0.15, 0.2) is 5.82 Å². The van der Waals surface area contributed by atoms with E-state index < -0.39 is 0 Å². The Morgan fingerprint density at radius 2 is 2.25 bits per heavy atom. The van der Waals surface area contributed by atoms with Crippen LogP contribution in [0, 0.1) is 0 Å². The summed E-state index contributed by atoms with van der Waals surface area (Å²) in [6.45, 7) is 0. The predicted octanol–water partition coefficient (Wildman–Crippen LogP) is 1.40. The molecule has 6 nitrogen and oxygen atoms in total. The van der Waals surface area contributed by atoms with E-state index in [2.05, 4.69) is 36.4 Å². The number of pyridine rings is 1. The van der Waals surface area contributed by atoms with E-state index in [-0.39, 0.29) is 5.91 Å². The molecule has 2 aromatic heterocycles. The van der Waals surface area contributed by atoms with E-state index in [0.717, 1.165) is 4.47 Å². The smallest absolute Gasteiger partial charge is 0.275 e. The lowest BCUT2D eigenvalue weighted by atomic mass is 10.3. The first-order valence-electron chi connectivity index (χ1n) is 4.38. The van der Waals surface area contributed by atoms with Crippen molar-refractivity contribution in [2.24, 2.45) is 0 Å². The van der Waals surface area contributed by atoms with E-state index >= 15 is 0 Å². The summed E-state index contributed by atoms with van der Waals surface area (Å²) in [4.78, 5) is 15.6. The standard InChI is InChI=1S/C9H8BrN5O/c10-5-1-2-7(12-3-5)9(16)14-8-6(11)4-13-15-8/h1-4H,11H2,(H2,13,14,15,16). The highest BCUT2D eigenvalue weighted by molar-refractivity contribution is 9.10. The normalized spacial score (nSPS) is 10.1. The predicted molar refractivity (Wildman–Crippen MR) is 62.9 cm³/mol. The molecule has 0 aliphatic rings. The molecule has 0 atom stereocenters. The molecule has 2 rings (SSSR count). The Hall–Kier alpha value is -1.89. The van der Waals surface area contributed by atoms with Crippen molar-refractivity contribution in [1.29, 1.82) is 0 Å². The fourth-order valence-corrected chi connectivity index (χ4v) is 1.32. The summed E-state index contributed by atoms with van der Waals surface area (Å²) < 4.78 is 0.810. The van der Waals surface area contributed by atoms with E-state index in [9.17, 15) is 4.79 Å². The number of nitrogens with one attached hydrogen (secondary N) is 2. The number of H-pyrrole nitrogens is 1. The van der Waals surface area contributed by atoms with E-state index in [1.165, 1.54) is 6.20 Å². The van der Waals surface area contributed by atoms with E-state index in [4.69, 9.17) is 5.73 Å². The number of hydrogen-bond acceptors (Lipinski definition) is 4. The van der Waals surface area contributed by atoms with Gasteiger partial charge in [0.2, 0.25) is 0 Å². The molecular weight excluding hydrogens is 274 g/mol. The molecule has 0 aliphatic heterocycles. The molecule has 0 fully saturated rings. The number of rotatable bonds is 2. The number of aromatic nitrogens is 3. The van der Waals surface area contributed by atoms with E-state index in [0.29, 0.717) is 17.2 Å². The van der Waals surface area contributed by atoms with Crippen molar-refractivity contribution >= 4 is 33.3 Å². The van der Waals surface area contributed by atoms with Crippen molar-refractivity contribution in [3.05, 3.63) is 34.7 Å². The van der Waals surface area contributed by atoms with Crippen LogP contribution in [0.3, 0.4) is 0 Å². The molecule has 0 unspecified atom stereocenters. The Morgan fingerprint density at radius 3 is 2.81 bits per heavy atom. The minimum atomic E-state index is -0.344. The Labute approximate surface area is 99.4 Å². The zero-order valence-electron chi connectivity index (χ0n) is 8.07. The van der Waals surface area contributed by atoms with Gasteiger partial charge in [0.1, 0.15) is 5.69 Å². The number of nitrogens with two attached hydrogens (primary N) is 1. The summed E-state index contributed by atoms with van der Waals surface area (Å²) in [5.41, 5.74) is 6.24. The van der Waals surface area contributed by atoms with Gasteiger partial charge < -0.3 is 11.1 Å². The molecule has 4 N–H and O–H groups in total. The van der Waals surface area contributed by atoms with Crippen LogP contribution in [-0.4, -0.2) is 21.1 Å². The molecule has 82 valence electrons. The van der Waals surface area contributed by atoms with Gasteiger partial charge in [-0.3, -0.25) is 9.89 Å². The van der Waals surface area contributed by atoms with Crippen molar-refractivity contribution in [3.8, 4) is 0 Å². The molecule has 0 spiro atoms. The topological polar surface area (TPSA) is 96.7 Å². The summed E-state index contributed by atoms with van der Waals surface area (Å²) in [6.07, 6.45) is 2.97. The first-order valence-corrected chi connectivity index (χ1v) is 5.18. The van der Waals surface area contributed by atoms with Gasteiger partial charge in [0.25, 0.3) is 5.91 Å². The molecule has 16 heavy (non-hydrogen) atoms. The minimum absolute atomic E-state index is 0.303. The average molecular weight is 282 g/mol. The molecule has 0 saturated carbocycles. The third kappa shape index (κ3) is 2.19. The number of carbonyl (C=O) groups is 1. The van der Waals surface area contributed by atoms with Gasteiger partial charge in [-0.15, -0.1) is 0 Å². The highest BCUT2D eigenvalue weighted by atomic mass is 79.9. The number of nitrogens with zero attached hydrogens (tertiary/aromatic N) is 2. The number of anilines is 2. The van der Waals surface area contributed by atoms with Gasteiger partial charge in [-0.25, -0.2) is 4.98 Å². The average Bonchev–Trinajstić information content (AvgIpc) is 2.65. The summed E-state index contributed by atoms with van der Waals surface area (Å²) in [7, 11) is 0. The van der Waals surface area contributed by atoms with E-state index in [1.807, 2.05) is 0 Å². The van der Waals surface area contributed by atoms with Crippen molar-refractivity contribution in [2.75, 3.05) is 11.1 Å². The molecule has 0 bridgehead atoms. The molecule has 1 amide bonds. The number of aromatic amines is 1. The third-order valence-corrected chi connectivity index (χ3v) is 2.34. The maximum atomic E-state index is 11.7. The van der Waals surface area contributed by atoms with Crippen molar-refractivity contribution in [1.82, 2.24) is 15.2 Å². The van der Waals surface area contributed by atoms with Crippen LogP contribution < -0.4 is 11.1 Å². The van der Waals surface area contributed by atoms with Crippen molar-refractivity contribution in [2.45, 2.75) is 0 Å². The van der Waals surface area contributed by atoms with Gasteiger partial charge in [0, 0.05) is 10.7 Å². The third-order valence-electron chi connectivity index (χ3n) is 1.87. The molecule has 0 aromatic carbocycles. The van der Waals surface area contributed by atoms with E-state index in [1.54, 1.807) is 18.3 Å². The summed E-state index contributed by atoms with van der Waals surface area (Å²) in [5, 5.41) is 8.83. The molecule has 7 heteroatoms. The minimum Gasteiger partial charge on any atom is -0.394 e. The monoisotopic (exact) mass is 281 g/mol. The summed E-state index contributed by atoms with van der Waals surface area (Å²) in [5.74, 6) is 0.0261. The van der Waals surface area contributed by atoms with Gasteiger partial charge in [-0.1, -0.05) is 0 Å². The zero-order valence-corrected chi connectivity index (χ0v) is 9.65. The molecule has 0 aliphatic carbocycles. The first kappa shape index (κ1) is 10.6. The van der Waals surface area contributed by atoms with Crippen LogP contribution in [0.1, 0.15) is 10.5 Å². The lowest BCUT2D eigenvalue weighted by molar-refractivity contribution is 0.102. The number of halogens is 1. The quantitative estimate of drug-likeness (QED) is 0.775. The van der Waals surface area contributed by atoms with Crippen molar-refractivity contribution < 1.29 is 4.79 Å². The second kappa shape index (κ2) is 4.31. The highest BCUT2D eigenvalue weighted by Gasteiger charge is 2.10. The van der Waals surface area contributed by atoms with Crippen LogP contribution in [0.4, 0.5) is 11.5 Å². The fraction of sp³-hybridized carbons (Fsp3) is 0. The van der Waals surface area contributed by atoms with Crippen LogP contribution in [-0.2, 0) is 0 Å². The Balaban J connectivity index is 2.15. The molecule has 2 aromatic rings. The number of carbonyl (C=O) groups excluding carboxylic acids is 1. The highest BCUT2D eigenvalue weighted by Crippen LogP contribution is 2.14. The summed E-state index contributed by atoms with van der Waals surface area (Å²) >= 11 is 3.24. The molecule has 2 heterocycles. The first-order chi connectivity index (χ1) is 7.66. The molecule has 0 radical (unpaired) electrons. The van der Waals surface area contributed by atoms with Gasteiger partial charge in [0.05, 0.1) is 11.9 Å². The van der Waals surface area contributed by atoms with Gasteiger partial charge in [-0.05, 0) is 28.1 Å². The Bertz CT molecular complexity index is 507. The maximum Gasteiger partial charge on any atom is 0.275 e. The Kier molecular flexibility index (Phi) is 2.86.